The van der Waals surface area contributed by atoms with Crippen molar-refractivity contribution in [3.05, 3.63) is 100 Å². The summed E-state index contributed by atoms with van der Waals surface area (Å²) in [5.41, 5.74) is 5.24. The van der Waals surface area contributed by atoms with Crippen LogP contribution in [0.2, 0.25) is 5.02 Å². The predicted molar refractivity (Wildman–Crippen MR) is 120 cm³/mol. The van der Waals surface area contributed by atoms with Crippen LogP contribution in [0.1, 0.15) is 45.9 Å². The van der Waals surface area contributed by atoms with E-state index in [0.717, 1.165) is 35.7 Å². The first-order valence-corrected chi connectivity index (χ1v) is 10.6. The molecule has 1 amide bonds. The molecule has 1 aliphatic rings. The molecule has 5 heteroatoms. The minimum atomic E-state index is -0.0471. The number of amides is 1. The van der Waals surface area contributed by atoms with Crippen molar-refractivity contribution in [3.63, 3.8) is 0 Å². The first-order chi connectivity index (χ1) is 14.7. The SMILES string of the molecule is O=C(NC1CCCc2ccccc21)c1ccc2cnn(Cc3cccc(Cl)c3)c2c1. The summed E-state index contributed by atoms with van der Waals surface area (Å²) in [7, 11) is 0. The number of aryl methyl sites for hydroxylation is 1. The van der Waals surface area contributed by atoms with Gasteiger partial charge < -0.3 is 5.32 Å². The largest absolute Gasteiger partial charge is 0.345 e. The third-order valence-corrected chi connectivity index (χ3v) is 6.04. The zero-order chi connectivity index (χ0) is 20.5. The van der Waals surface area contributed by atoms with E-state index >= 15 is 0 Å². The Balaban J connectivity index is 1.40. The second kappa shape index (κ2) is 7.96. The average molecular weight is 416 g/mol. The molecule has 1 unspecified atom stereocenters. The topological polar surface area (TPSA) is 46.9 Å². The number of carbonyl (C=O) groups excluding carboxylic acids is 1. The normalized spacial score (nSPS) is 15.7. The van der Waals surface area contributed by atoms with E-state index in [1.165, 1.54) is 11.1 Å². The number of nitrogens with one attached hydrogen (secondary N) is 1. The van der Waals surface area contributed by atoms with E-state index in [0.29, 0.717) is 17.1 Å². The molecule has 3 aromatic carbocycles. The fourth-order valence-electron chi connectivity index (χ4n) is 4.29. The number of nitrogens with zero attached hydrogens (tertiary/aromatic N) is 2. The summed E-state index contributed by atoms with van der Waals surface area (Å²) in [6, 6.07) is 22.0. The lowest BCUT2D eigenvalue weighted by atomic mass is 9.87. The molecular formula is C25H22ClN3O. The standard InChI is InChI=1S/C25H22ClN3O/c26-21-8-3-5-17(13-21)16-29-24-14-19(11-12-20(24)15-27-29)25(30)28-23-10-4-7-18-6-1-2-9-22(18)23/h1-3,5-6,8-9,11-15,23H,4,7,10,16H2,(H,28,30). The minimum Gasteiger partial charge on any atom is -0.345 e. The van der Waals surface area contributed by atoms with Crippen LogP contribution in [-0.4, -0.2) is 15.7 Å². The summed E-state index contributed by atoms with van der Waals surface area (Å²) in [4.78, 5) is 13.0. The van der Waals surface area contributed by atoms with Crippen molar-refractivity contribution in [1.82, 2.24) is 15.1 Å². The summed E-state index contributed by atoms with van der Waals surface area (Å²) in [6.45, 7) is 0.602. The number of halogens is 1. The maximum absolute atomic E-state index is 13.0. The van der Waals surface area contributed by atoms with Crippen molar-refractivity contribution in [1.29, 1.82) is 0 Å². The summed E-state index contributed by atoms with van der Waals surface area (Å²) in [5, 5.41) is 9.46. The molecule has 1 aromatic heterocycles. The Labute approximate surface area is 180 Å². The monoisotopic (exact) mass is 415 g/mol. The highest BCUT2D eigenvalue weighted by atomic mass is 35.5. The quantitative estimate of drug-likeness (QED) is 0.475. The number of rotatable bonds is 4. The summed E-state index contributed by atoms with van der Waals surface area (Å²) in [6.07, 6.45) is 4.97. The van der Waals surface area contributed by atoms with Crippen molar-refractivity contribution < 1.29 is 4.79 Å². The van der Waals surface area contributed by atoms with Gasteiger partial charge in [-0.05, 0) is 60.2 Å². The number of hydrogen-bond donors (Lipinski definition) is 1. The van der Waals surface area contributed by atoms with Gasteiger partial charge in [0.25, 0.3) is 5.91 Å². The summed E-state index contributed by atoms with van der Waals surface area (Å²) in [5.74, 6) is -0.0471. The van der Waals surface area contributed by atoms with Gasteiger partial charge in [0.2, 0.25) is 0 Å². The molecule has 0 aliphatic heterocycles. The van der Waals surface area contributed by atoms with Crippen molar-refractivity contribution in [2.24, 2.45) is 0 Å². The first-order valence-electron chi connectivity index (χ1n) is 10.3. The Morgan fingerprint density at radius 3 is 2.90 bits per heavy atom. The highest BCUT2D eigenvalue weighted by Gasteiger charge is 2.22. The van der Waals surface area contributed by atoms with Crippen molar-refractivity contribution >= 4 is 28.4 Å². The van der Waals surface area contributed by atoms with Crippen LogP contribution in [-0.2, 0) is 13.0 Å². The van der Waals surface area contributed by atoms with E-state index in [1.807, 2.05) is 59.4 Å². The maximum Gasteiger partial charge on any atom is 0.251 e. The van der Waals surface area contributed by atoms with Gasteiger partial charge in [-0.1, -0.05) is 54.1 Å². The Morgan fingerprint density at radius 1 is 1.10 bits per heavy atom. The fourth-order valence-corrected chi connectivity index (χ4v) is 4.50. The van der Waals surface area contributed by atoms with Crippen molar-refractivity contribution in [3.8, 4) is 0 Å². The lowest BCUT2D eigenvalue weighted by Gasteiger charge is -2.26. The number of benzene rings is 3. The van der Waals surface area contributed by atoms with Gasteiger partial charge in [-0.2, -0.15) is 5.10 Å². The van der Waals surface area contributed by atoms with E-state index in [-0.39, 0.29) is 11.9 Å². The molecule has 0 saturated heterocycles. The molecule has 4 aromatic rings. The molecule has 0 radical (unpaired) electrons. The highest BCUT2D eigenvalue weighted by Crippen LogP contribution is 2.30. The lowest BCUT2D eigenvalue weighted by molar-refractivity contribution is 0.0933. The molecule has 1 N–H and O–H groups in total. The molecule has 1 heterocycles. The molecule has 30 heavy (non-hydrogen) atoms. The van der Waals surface area contributed by atoms with Crippen LogP contribution in [0, 0.1) is 0 Å². The Morgan fingerprint density at radius 2 is 2.00 bits per heavy atom. The molecular weight excluding hydrogens is 394 g/mol. The smallest absolute Gasteiger partial charge is 0.251 e. The van der Waals surface area contributed by atoms with Gasteiger partial charge in [-0.25, -0.2) is 0 Å². The van der Waals surface area contributed by atoms with Gasteiger partial charge in [0.1, 0.15) is 0 Å². The number of aromatic nitrogens is 2. The van der Waals surface area contributed by atoms with Crippen LogP contribution in [0.15, 0.2) is 72.9 Å². The van der Waals surface area contributed by atoms with Gasteiger partial charge >= 0.3 is 0 Å². The summed E-state index contributed by atoms with van der Waals surface area (Å²) < 4.78 is 1.91. The molecule has 1 atom stereocenters. The Bertz CT molecular complexity index is 1230. The third kappa shape index (κ3) is 3.71. The van der Waals surface area contributed by atoms with E-state index in [1.54, 1.807) is 0 Å². The number of fused-ring (bicyclic) bond motifs is 2. The van der Waals surface area contributed by atoms with Crippen LogP contribution in [0.5, 0.6) is 0 Å². The second-order valence-corrected chi connectivity index (χ2v) is 8.26. The highest BCUT2D eigenvalue weighted by molar-refractivity contribution is 6.30. The predicted octanol–water partition coefficient (Wildman–Crippen LogP) is 5.55. The summed E-state index contributed by atoms with van der Waals surface area (Å²) >= 11 is 6.12. The van der Waals surface area contributed by atoms with Crippen molar-refractivity contribution in [2.75, 3.05) is 0 Å². The van der Waals surface area contributed by atoms with Crippen LogP contribution >= 0.6 is 11.6 Å². The minimum absolute atomic E-state index is 0.0471. The van der Waals surface area contributed by atoms with Crippen molar-refractivity contribution in [2.45, 2.75) is 31.8 Å². The van der Waals surface area contributed by atoms with Crippen LogP contribution in [0.4, 0.5) is 0 Å². The second-order valence-electron chi connectivity index (χ2n) is 7.82. The zero-order valence-electron chi connectivity index (χ0n) is 16.5. The molecule has 5 rings (SSSR count). The molecule has 0 bridgehead atoms. The van der Waals surface area contributed by atoms with E-state index in [2.05, 4.69) is 28.6 Å². The van der Waals surface area contributed by atoms with Gasteiger partial charge in [0.15, 0.2) is 0 Å². The van der Waals surface area contributed by atoms with Crippen LogP contribution in [0.25, 0.3) is 10.9 Å². The number of hydrogen-bond acceptors (Lipinski definition) is 2. The van der Waals surface area contributed by atoms with Gasteiger partial charge in [-0.3, -0.25) is 9.48 Å². The molecule has 0 saturated carbocycles. The van der Waals surface area contributed by atoms with Crippen LogP contribution in [0.3, 0.4) is 0 Å². The lowest BCUT2D eigenvalue weighted by Crippen LogP contribution is -2.30. The van der Waals surface area contributed by atoms with Gasteiger partial charge in [0.05, 0.1) is 24.3 Å². The van der Waals surface area contributed by atoms with Gasteiger partial charge in [0, 0.05) is 16.0 Å². The molecule has 4 nitrogen and oxygen atoms in total. The average Bonchev–Trinajstić information content (AvgIpc) is 3.16. The zero-order valence-corrected chi connectivity index (χ0v) is 17.3. The molecule has 0 spiro atoms. The van der Waals surface area contributed by atoms with E-state index < -0.39 is 0 Å². The van der Waals surface area contributed by atoms with Crippen LogP contribution < -0.4 is 5.32 Å². The molecule has 150 valence electrons. The molecule has 0 fully saturated rings. The maximum atomic E-state index is 13.0. The Hall–Kier alpha value is -3.11. The third-order valence-electron chi connectivity index (χ3n) is 5.80. The Kier molecular flexibility index (Phi) is 5.01. The first kappa shape index (κ1) is 18.9. The number of carbonyl (C=O) groups is 1. The van der Waals surface area contributed by atoms with E-state index in [4.69, 9.17) is 11.6 Å². The van der Waals surface area contributed by atoms with Gasteiger partial charge in [-0.15, -0.1) is 0 Å². The van der Waals surface area contributed by atoms with E-state index in [9.17, 15) is 4.79 Å². The molecule has 1 aliphatic carbocycles. The fraction of sp³-hybridized carbons (Fsp3) is 0.200.